The molecule has 0 saturated heterocycles. The van der Waals surface area contributed by atoms with Crippen LogP contribution >= 0.6 is 31.9 Å². The molecule has 0 unspecified atom stereocenters. The fraction of sp³-hybridized carbons (Fsp3) is 0.444. The van der Waals surface area contributed by atoms with Gasteiger partial charge in [-0.25, -0.2) is 9.97 Å². The average molecular weight is 695 g/mol. The van der Waals surface area contributed by atoms with Gasteiger partial charge in [0.25, 0.3) is 0 Å². The third kappa shape index (κ3) is 6.86. The van der Waals surface area contributed by atoms with Crippen LogP contribution in [0.1, 0.15) is 90.9 Å². The molecule has 222 valence electrons. The van der Waals surface area contributed by atoms with Crippen LogP contribution in [0, 0.1) is 0 Å². The molecule has 1 heterocycles. The number of hydrogen-bond acceptors (Lipinski definition) is 4. The first-order chi connectivity index (χ1) is 20.7. The van der Waals surface area contributed by atoms with Crippen LogP contribution in [0.15, 0.2) is 57.5 Å². The van der Waals surface area contributed by atoms with E-state index < -0.39 is 0 Å². The summed E-state index contributed by atoms with van der Waals surface area (Å²) in [4.78, 5) is 10.5. The van der Waals surface area contributed by atoms with Gasteiger partial charge in [-0.3, -0.25) is 0 Å². The number of nitrogens with zero attached hydrogens (tertiary/aromatic N) is 2. The lowest BCUT2D eigenvalue weighted by molar-refractivity contribution is 0.256. The summed E-state index contributed by atoms with van der Waals surface area (Å²) in [5.74, 6) is 1.43. The van der Waals surface area contributed by atoms with Gasteiger partial charge in [0, 0.05) is 10.8 Å². The SMILES string of the molecule is CCCCCCCCOc1c(OCCCCCCCC)c(Br)c2nc3c4ccccc4c4ccccc4c3nc2c1Br. The summed E-state index contributed by atoms with van der Waals surface area (Å²) in [6.07, 6.45) is 14.6. The van der Waals surface area contributed by atoms with E-state index in [1.165, 1.54) is 75.0 Å². The van der Waals surface area contributed by atoms with Gasteiger partial charge < -0.3 is 9.47 Å². The molecule has 4 aromatic carbocycles. The molecule has 0 aliphatic rings. The van der Waals surface area contributed by atoms with Gasteiger partial charge in [-0.15, -0.1) is 0 Å². The maximum atomic E-state index is 6.47. The number of ether oxygens (including phenoxy) is 2. The Morgan fingerprint density at radius 1 is 0.476 bits per heavy atom. The number of benzene rings is 4. The van der Waals surface area contributed by atoms with Crippen molar-refractivity contribution >= 4 is 75.5 Å². The minimum Gasteiger partial charge on any atom is -0.488 e. The molecule has 5 aromatic rings. The van der Waals surface area contributed by atoms with Crippen LogP contribution in [-0.4, -0.2) is 23.2 Å². The van der Waals surface area contributed by atoms with Crippen LogP contribution in [0.3, 0.4) is 0 Å². The van der Waals surface area contributed by atoms with Gasteiger partial charge in [0.2, 0.25) is 0 Å². The molecule has 0 bridgehead atoms. The van der Waals surface area contributed by atoms with Crippen molar-refractivity contribution in [2.75, 3.05) is 13.2 Å². The number of hydrogen-bond donors (Lipinski definition) is 0. The molecule has 0 aliphatic heterocycles. The predicted octanol–water partition coefficient (Wildman–Crippen LogP) is 12.1. The molecule has 1 aromatic heterocycles. The lowest BCUT2D eigenvalue weighted by Crippen LogP contribution is -2.06. The average Bonchev–Trinajstić information content (AvgIpc) is 3.02. The summed E-state index contributed by atoms with van der Waals surface area (Å²) in [7, 11) is 0. The van der Waals surface area contributed by atoms with Crippen molar-refractivity contribution < 1.29 is 9.47 Å². The molecule has 0 atom stereocenters. The lowest BCUT2D eigenvalue weighted by atomic mass is 9.99. The Hall–Kier alpha value is -2.44. The Balaban J connectivity index is 1.54. The van der Waals surface area contributed by atoms with Crippen molar-refractivity contribution in [2.24, 2.45) is 0 Å². The van der Waals surface area contributed by atoms with Crippen LogP contribution in [0.5, 0.6) is 11.5 Å². The second kappa shape index (κ2) is 15.3. The second-order valence-electron chi connectivity index (χ2n) is 11.2. The van der Waals surface area contributed by atoms with Gasteiger partial charge in [0.1, 0.15) is 11.0 Å². The molecule has 0 amide bonds. The molecule has 4 nitrogen and oxygen atoms in total. The van der Waals surface area contributed by atoms with E-state index in [0.29, 0.717) is 24.7 Å². The topological polar surface area (TPSA) is 44.2 Å². The van der Waals surface area contributed by atoms with Crippen molar-refractivity contribution in [2.45, 2.75) is 90.9 Å². The molecular formula is C36H42Br2N2O2. The molecule has 0 N–H and O–H groups in total. The normalized spacial score (nSPS) is 11.7. The van der Waals surface area contributed by atoms with E-state index >= 15 is 0 Å². The maximum absolute atomic E-state index is 6.47. The fourth-order valence-corrected chi connectivity index (χ4v) is 6.89. The smallest absolute Gasteiger partial charge is 0.178 e. The van der Waals surface area contributed by atoms with Gasteiger partial charge in [-0.2, -0.15) is 0 Å². The minimum absolute atomic E-state index is 0.643. The van der Waals surface area contributed by atoms with E-state index in [9.17, 15) is 0 Å². The predicted molar refractivity (Wildman–Crippen MR) is 185 cm³/mol. The molecular weight excluding hydrogens is 652 g/mol. The zero-order valence-electron chi connectivity index (χ0n) is 25.0. The third-order valence-electron chi connectivity index (χ3n) is 8.06. The lowest BCUT2D eigenvalue weighted by Gasteiger charge is -2.19. The Morgan fingerprint density at radius 2 is 0.833 bits per heavy atom. The Bertz CT molecular complexity index is 1530. The summed E-state index contributed by atoms with van der Waals surface area (Å²) < 4.78 is 14.6. The molecule has 0 aliphatic carbocycles. The Kier molecular flexibility index (Phi) is 11.3. The highest BCUT2D eigenvalue weighted by Gasteiger charge is 2.24. The molecule has 0 fully saturated rings. The third-order valence-corrected chi connectivity index (χ3v) is 9.53. The monoisotopic (exact) mass is 692 g/mol. The minimum atomic E-state index is 0.643. The van der Waals surface area contributed by atoms with E-state index in [-0.39, 0.29) is 0 Å². The first kappa shape index (κ1) is 31.0. The zero-order valence-corrected chi connectivity index (χ0v) is 28.2. The van der Waals surface area contributed by atoms with Gasteiger partial charge in [-0.1, -0.05) is 127 Å². The quantitative estimate of drug-likeness (QED) is 0.0586. The Morgan fingerprint density at radius 3 is 1.24 bits per heavy atom. The van der Waals surface area contributed by atoms with Gasteiger partial charge >= 0.3 is 0 Å². The van der Waals surface area contributed by atoms with Crippen LogP contribution in [-0.2, 0) is 0 Å². The van der Waals surface area contributed by atoms with Crippen LogP contribution in [0.25, 0.3) is 43.6 Å². The van der Waals surface area contributed by atoms with E-state index in [0.717, 1.165) is 54.6 Å². The van der Waals surface area contributed by atoms with Crippen molar-refractivity contribution in [3.8, 4) is 11.5 Å². The molecule has 0 spiro atoms. The molecule has 6 heteroatoms. The number of rotatable bonds is 16. The first-order valence-electron chi connectivity index (χ1n) is 15.8. The molecule has 0 radical (unpaired) electrons. The molecule has 5 rings (SSSR count). The van der Waals surface area contributed by atoms with Crippen molar-refractivity contribution in [3.05, 3.63) is 57.5 Å². The standard InChI is InChI=1S/C36H42Br2N2O2/c1-3-5-7-9-11-17-23-41-35-29(37)33-34(30(38)36(35)42-24-18-12-10-8-6-4-2)40-32-28-22-16-14-20-26(28)25-19-13-15-21-27(25)31(32)39-33/h13-16,19-22H,3-12,17-18,23-24H2,1-2H3. The molecule has 42 heavy (non-hydrogen) atoms. The van der Waals surface area contributed by atoms with Crippen LogP contribution in [0.4, 0.5) is 0 Å². The van der Waals surface area contributed by atoms with Gasteiger partial charge in [0.05, 0.1) is 33.2 Å². The summed E-state index contributed by atoms with van der Waals surface area (Å²) in [6.45, 7) is 5.79. The second-order valence-corrected chi connectivity index (χ2v) is 12.8. The van der Waals surface area contributed by atoms with Crippen LogP contribution in [0.2, 0.25) is 0 Å². The maximum Gasteiger partial charge on any atom is 0.178 e. The van der Waals surface area contributed by atoms with Crippen molar-refractivity contribution in [1.82, 2.24) is 9.97 Å². The fourth-order valence-electron chi connectivity index (χ4n) is 5.75. The molecule has 0 saturated carbocycles. The number of fused-ring (bicyclic) bond motifs is 7. The van der Waals surface area contributed by atoms with Gasteiger partial charge in [0.15, 0.2) is 11.5 Å². The highest BCUT2D eigenvalue weighted by molar-refractivity contribution is 9.11. The van der Waals surface area contributed by atoms with Crippen LogP contribution < -0.4 is 9.47 Å². The van der Waals surface area contributed by atoms with E-state index in [1.807, 2.05) is 0 Å². The summed E-state index contributed by atoms with van der Waals surface area (Å²) in [6, 6.07) is 16.9. The number of aromatic nitrogens is 2. The summed E-state index contributed by atoms with van der Waals surface area (Å²) >= 11 is 7.79. The highest BCUT2D eigenvalue weighted by Crippen LogP contribution is 2.48. The van der Waals surface area contributed by atoms with E-state index in [1.54, 1.807) is 0 Å². The number of unbranched alkanes of at least 4 members (excludes halogenated alkanes) is 10. The number of halogens is 2. The highest BCUT2D eigenvalue weighted by atomic mass is 79.9. The summed E-state index contributed by atoms with van der Waals surface area (Å²) in [5, 5.41) is 4.56. The van der Waals surface area contributed by atoms with E-state index in [4.69, 9.17) is 19.4 Å². The zero-order chi connectivity index (χ0) is 29.3. The van der Waals surface area contributed by atoms with Crippen molar-refractivity contribution in [3.63, 3.8) is 0 Å². The van der Waals surface area contributed by atoms with E-state index in [2.05, 4.69) is 94.2 Å². The first-order valence-corrected chi connectivity index (χ1v) is 17.4. The largest absolute Gasteiger partial charge is 0.488 e. The van der Waals surface area contributed by atoms with Gasteiger partial charge in [-0.05, 0) is 55.5 Å². The Labute approximate surface area is 266 Å². The van der Waals surface area contributed by atoms with Crippen molar-refractivity contribution in [1.29, 1.82) is 0 Å². The summed E-state index contributed by atoms with van der Waals surface area (Å²) in [5.41, 5.74) is 3.35.